The summed E-state index contributed by atoms with van der Waals surface area (Å²) >= 11 is 6.04. The molecule has 0 radical (unpaired) electrons. The van der Waals surface area contributed by atoms with E-state index < -0.39 is 10.0 Å². The first kappa shape index (κ1) is 18.2. The molecule has 6 nitrogen and oxygen atoms in total. The molecule has 0 aliphatic carbocycles. The number of unbranched alkanes of at least 4 members (excludes halogenated alkanes) is 1. The zero-order chi connectivity index (χ0) is 15.9. The molecule has 21 heavy (non-hydrogen) atoms. The van der Waals surface area contributed by atoms with Crippen molar-refractivity contribution in [3.8, 4) is 0 Å². The zero-order valence-corrected chi connectivity index (χ0v) is 13.9. The van der Waals surface area contributed by atoms with Crippen molar-refractivity contribution < 1.29 is 13.5 Å². The van der Waals surface area contributed by atoms with Gasteiger partial charge in [0.25, 0.3) is 0 Å². The van der Waals surface area contributed by atoms with Gasteiger partial charge in [0, 0.05) is 25.8 Å². The van der Waals surface area contributed by atoms with E-state index in [1.54, 1.807) is 0 Å². The molecule has 0 amide bonds. The van der Waals surface area contributed by atoms with Crippen LogP contribution in [0.25, 0.3) is 0 Å². The number of aliphatic hydroxyl groups excluding tert-OH is 1. The maximum absolute atomic E-state index is 12.5. The van der Waals surface area contributed by atoms with Crippen LogP contribution < -0.4 is 5.32 Å². The first-order valence-electron chi connectivity index (χ1n) is 6.97. The van der Waals surface area contributed by atoms with E-state index in [0.29, 0.717) is 18.9 Å². The van der Waals surface area contributed by atoms with Gasteiger partial charge in [0.2, 0.25) is 10.0 Å². The fourth-order valence-electron chi connectivity index (χ4n) is 1.81. The van der Waals surface area contributed by atoms with Crippen LogP contribution in [-0.2, 0) is 10.0 Å². The Morgan fingerprint density at radius 1 is 1.38 bits per heavy atom. The predicted octanol–water partition coefficient (Wildman–Crippen LogP) is 1.95. The van der Waals surface area contributed by atoms with Crippen LogP contribution in [0.2, 0.25) is 5.02 Å². The van der Waals surface area contributed by atoms with Crippen LogP contribution in [0.1, 0.15) is 26.7 Å². The summed E-state index contributed by atoms with van der Waals surface area (Å²) < 4.78 is 26.4. The number of pyridine rings is 1. The van der Waals surface area contributed by atoms with Crippen LogP contribution >= 0.6 is 11.6 Å². The monoisotopic (exact) mass is 335 g/mol. The van der Waals surface area contributed by atoms with Crippen LogP contribution in [0.4, 0.5) is 5.82 Å². The van der Waals surface area contributed by atoms with E-state index in [1.807, 2.05) is 13.8 Å². The molecule has 0 bridgehead atoms. The summed E-state index contributed by atoms with van der Waals surface area (Å²) in [4.78, 5) is 4.09. The van der Waals surface area contributed by atoms with E-state index in [9.17, 15) is 8.42 Å². The molecular weight excluding hydrogens is 314 g/mol. The number of halogens is 1. The summed E-state index contributed by atoms with van der Waals surface area (Å²) in [5.74, 6) is 0.459. The van der Waals surface area contributed by atoms with Gasteiger partial charge in [0.05, 0.1) is 11.6 Å². The Morgan fingerprint density at radius 2 is 2.10 bits per heavy atom. The fourth-order valence-corrected chi connectivity index (χ4v) is 3.55. The molecule has 0 aliphatic heterocycles. The second kappa shape index (κ2) is 8.53. The third kappa shape index (κ3) is 4.81. The zero-order valence-electron chi connectivity index (χ0n) is 12.3. The second-order valence-electron chi connectivity index (χ2n) is 4.51. The first-order valence-corrected chi connectivity index (χ1v) is 8.79. The third-order valence-electron chi connectivity index (χ3n) is 2.91. The summed E-state index contributed by atoms with van der Waals surface area (Å²) in [6, 6.07) is 1.39. The number of nitrogens with zero attached hydrogens (tertiary/aromatic N) is 2. The van der Waals surface area contributed by atoms with E-state index in [-0.39, 0.29) is 23.1 Å². The van der Waals surface area contributed by atoms with Crippen molar-refractivity contribution in [2.75, 3.05) is 31.6 Å². The molecule has 1 rings (SSSR count). The summed E-state index contributed by atoms with van der Waals surface area (Å²) in [6.45, 7) is 4.73. The van der Waals surface area contributed by atoms with Gasteiger partial charge < -0.3 is 10.4 Å². The Hall–Kier alpha value is -0.890. The minimum atomic E-state index is -3.69. The molecule has 0 fully saturated rings. The molecule has 0 saturated heterocycles. The molecule has 1 aromatic rings. The Balaban J connectivity index is 3.06. The van der Waals surface area contributed by atoms with Gasteiger partial charge in [-0.15, -0.1) is 0 Å². The molecule has 1 aromatic heterocycles. The van der Waals surface area contributed by atoms with Crippen molar-refractivity contribution in [3.05, 3.63) is 17.3 Å². The largest absolute Gasteiger partial charge is 0.395 e. The minimum absolute atomic E-state index is 0.0405. The van der Waals surface area contributed by atoms with Gasteiger partial charge in [-0.25, -0.2) is 13.4 Å². The van der Waals surface area contributed by atoms with Gasteiger partial charge in [-0.2, -0.15) is 4.31 Å². The fraction of sp³-hybridized carbons (Fsp3) is 0.615. The molecule has 2 N–H and O–H groups in total. The number of aromatic nitrogens is 1. The van der Waals surface area contributed by atoms with Crippen molar-refractivity contribution in [3.63, 3.8) is 0 Å². The standard InChI is InChI=1S/C13H22ClN3O3S/c1-3-5-6-17(7-8-18)21(19,20)11-9-12(14)13(15-4-2)16-10-11/h9-10,18H,3-8H2,1-2H3,(H,15,16). The summed E-state index contributed by atoms with van der Waals surface area (Å²) in [7, 11) is -3.69. The molecule has 1 heterocycles. The number of nitrogens with one attached hydrogen (secondary N) is 1. The number of rotatable bonds is 9. The number of anilines is 1. The maximum Gasteiger partial charge on any atom is 0.244 e. The molecule has 0 aromatic carbocycles. The lowest BCUT2D eigenvalue weighted by atomic mass is 10.3. The molecular formula is C13H22ClN3O3S. The Morgan fingerprint density at radius 3 is 2.62 bits per heavy atom. The number of aliphatic hydroxyl groups is 1. The SMILES string of the molecule is CCCCN(CCO)S(=O)(=O)c1cnc(NCC)c(Cl)c1. The van der Waals surface area contributed by atoms with Crippen LogP contribution in [-0.4, -0.2) is 49.1 Å². The molecule has 0 unspecified atom stereocenters. The highest BCUT2D eigenvalue weighted by atomic mass is 35.5. The molecule has 8 heteroatoms. The van der Waals surface area contributed by atoms with Gasteiger partial charge >= 0.3 is 0 Å². The topological polar surface area (TPSA) is 82.5 Å². The van der Waals surface area contributed by atoms with E-state index in [0.717, 1.165) is 12.8 Å². The van der Waals surface area contributed by atoms with Crippen molar-refractivity contribution in [1.82, 2.24) is 9.29 Å². The number of sulfonamides is 1. The third-order valence-corrected chi connectivity index (χ3v) is 5.06. The van der Waals surface area contributed by atoms with E-state index in [2.05, 4.69) is 10.3 Å². The van der Waals surface area contributed by atoms with Gasteiger partial charge in [-0.05, 0) is 19.4 Å². The molecule has 0 spiro atoms. The normalized spacial score (nSPS) is 11.9. The molecule has 0 aliphatic rings. The van der Waals surface area contributed by atoms with E-state index in [4.69, 9.17) is 16.7 Å². The number of hydrogen-bond acceptors (Lipinski definition) is 5. The van der Waals surface area contributed by atoms with E-state index in [1.165, 1.54) is 16.6 Å². The molecule has 120 valence electrons. The van der Waals surface area contributed by atoms with Gasteiger partial charge in [0.15, 0.2) is 0 Å². The van der Waals surface area contributed by atoms with Crippen molar-refractivity contribution >= 4 is 27.4 Å². The van der Waals surface area contributed by atoms with Crippen LogP contribution in [0.3, 0.4) is 0 Å². The smallest absolute Gasteiger partial charge is 0.244 e. The average molecular weight is 336 g/mol. The summed E-state index contributed by atoms with van der Waals surface area (Å²) in [5.41, 5.74) is 0. The predicted molar refractivity (Wildman–Crippen MR) is 84.2 cm³/mol. The Labute approximate surface area is 131 Å². The van der Waals surface area contributed by atoms with Gasteiger partial charge in [-0.3, -0.25) is 0 Å². The lowest BCUT2D eigenvalue weighted by Gasteiger charge is -2.21. The van der Waals surface area contributed by atoms with Crippen LogP contribution in [0.5, 0.6) is 0 Å². The molecule has 0 saturated carbocycles. The lowest BCUT2D eigenvalue weighted by Crippen LogP contribution is -2.34. The van der Waals surface area contributed by atoms with Gasteiger partial charge in [0.1, 0.15) is 10.7 Å². The Kier molecular flexibility index (Phi) is 7.37. The van der Waals surface area contributed by atoms with Crippen molar-refractivity contribution in [2.45, 2.75) is 31.6 Å². The van der Waals surface area contributed by atoms with Gasteiger partial charge in [-0.1, -0.05) is 24.9 Å². The van der Waals surface area contributed by atoms with Crippen molar-refractivity contribution in [2.24, 2.45) is 0 Å². The highest BCUT2D eigenvalue weighted by Crippen LogP contribution is 2.24. The first-order chi connectivity index (χ1) is 9.97. The highest BCUT2D eigenvalue weighted by Gasteiger charge is 2.24. The lowest BCUT2D eigenvalue weighted by molar-refractivity contribution is 0.252. The summed E-state index contributed by atoms with van der Waals surface area (Å²) in [6.07, 6.45) is 2.89. The van der Waals surface area contributed by atoms with Crippen molar-refractivity contribution in [1.29, 1.82) is 0 Å². The number of hydrogen-bond donors (Lipinski definition) is 2. The average Bonchev–Trinajstić information content (AvgIpc) is 2.45. The van der Waals surface area contributed by atoms with Crippen LogP contribution in [0.15, 0.2) is 17.2 Å². The highest BCUT2D eigenvalue weighted by molar-refractivity contribution is 7.89. The van der Waals surface area contributed by atoms with Crippen LogP contribution in [0, 0.1) is 0 Å². The summed E-state index contributed by atoms with van der Waals surface area (Å²) in [5, 5.41) is 12.3. The minimum Gasteiger partial charge on any atom is -0.395 e. The quantitative estimate of drug-likeness (QED) is 0.720. The Bertz CT molecular complexity index is 552. The maximum atomic E-state index is 12.5. The van der Waals surface area contributed by atoms with E-state index >= 15 is 0 Å². The molecule has 0 atom stereocenters. The second-order valence-corrected chi connectivity index (χ2v) is 6.86.